The molecule has 0 saturated carbocycles. The van der Waals surface area contributed by atoms with Crippen LogP contribution >= 0.6 is 0 Å². The van der Waals surface area contributed by atoms with Gasteiger partial charge in [0.25, 0.3) is 5.91 Å². The number of carbonyl (C=O) groups excluding carboxylic acids is 1. The zero-order valence-electron chi connectivity index (χ0n) is 15.0. The van der Waals surface area contributed by atoms with Crippen LogP contribution < -0.4 is 5.32 Å². The van der Waals surface area contributed by atoms with E-state index in [0.29, 0.717) is 11.4 Å². The molecule has 27 heavy (non-hydrogen) atoms. The third-order valence-corrected chi connectivity index (χ3v) is 4.50. The first-order valence-corrected chi connectivity index (χ1v) is 8.65. The lowest BCUT2D eigenvalue weighted by Gasteiger charge is -2.08. The van der Waals surface area contributed by atoms with Gasteiger partial charge in [-0.05, 0) is 55.8 Å². The third kappa shape index (κ3) is 3.19. The molecule has 0 aliphatic carbocycles. The van der Waals surface area contributed by atoms with Gasteiger partial charge in [0, 0.05) is 11.1 Å². The van der Waals surface area contributed by atoms with Crippen LogP contribution in [0.25, 0.3) is 16.6 Å². The number of aryl methyl sites for hydroxylation is 2. The molecule has 3 aromatic carbocycles. The molecule has 0 bridgehead atoms. The number of aromatic nitrogens is 2. The lowest BCUT2D eigenvalue weighted by Crippen LogP contribution is -2.14. The Balaban J connectivity index is 1.77. The smallest absolute Gasteiger partial charge is 0.276 e. The van der Waals surface area contributed by atoms with Gasteiger partial charge in [-0.2, -0.15) is 5.10 Å². The summed E-state index contributed by atoms with van der Waals surface area (Å²) < 4.78 is 14.9. The number of nitrogens with zero attached hydrogens (tertiary/aromatic N) is 2. The molecule has 0 saturated heterocycles. The number of amides is 1. The number of nitrogens with one attached hydrogen (secondary N) is 1. The highest BCUT2D eigenvalue weighted by atomic mass is 19.1. The average Bonchev–Trinajstić information content (AvgIpc) is 3.04. The van der Waals surface area contributed by atoms with Crippen molar-refractivity contribution in [2.75, 3.05) is 5.32 Å². The summed E-state index contributed by atoms with van der Waals surface area (Å²) in [6, 6.07) is 19.4. The highest BCUT2D eigenvalue weighted by Gasteiger charge is 2.18. The van der Waals surface area contributed by atoms with Crippen molar-refractivity contribution in [3.05, 3.63) is 89.4 Å². The first kappa shape index (κ1) is 17.0. The first-order chi connectivity index (χ1) is 13.0. The largest absolute Gasteiger partial charge is 0.320 e. The summed E-state index contributed by atoms with van der Waals surface area (Å²) in [5.74, 6) is -0.595. The Kier molecular flexibility index (Phi) is 4.20. The lowest BCUT2D eigenvalue weighted by molar-refractivity contribution is 0.102. The molecule has 0 unspecified atom stereocenters. The summed E-state index contributed by atoms with van der Waals surface area (Å²) in [4.78, 5) is 12.9. The fraction of sp³-hybridized carbons (Fsp3) is 0.0909. The molecule has 0 aliphatic heterocycles. The van der Waals surface area contributed by atoms with Crippen molar-refractivity contribution in [1.29, 1.82) is 0 Å². The van der Waals surface area contributed by atoms with Crippen molar-refractivity contribution >= 4 is 22.5 Å². The number of hydrogen-bond donors (Lipinski definition) is 1. The van der Waals surface area contributed by atoms with Gasteiger partial charge in [-0.15, -0.1) is 0 Å². The minimum Gasteiger partial charge on any atom is -0.320 e. The van der Waals surface area contributed by atoms with E-state index in [9.17, 15) is 9.18 Å². The van der Waals surface area contributed by atoms with E-state index in [-0.39, 0.29) is 11.7 Å². The molecule has 1 amide bonds. The minimum absolute atomic E-state index is 0.279. The van der Waals surface area contributed by atoms with Crippen LogP contribution in [-0.2, 0) is 0 Å². The summed E-state index contributed by atoms with van der Waals surface area (Å²) in [5.41, 5.74) is 4.69. The number of carbonyl (C=O) groups is 1. The summed E-state index contributed by atoms with van der Waals surface area (Å²) in [5, 5.41) is 8.20. The van der Waals surface area contributed by atoms with Crippen molar-refractivity contribution in [3.8, 4) is 5.69 Å². The van der Waals surface area contributed by atoms with E-state index in [1.165, 1.54) is 12.1 Å². The molecule has 134 valence electrons. The zero-order valence-corrected chi connectivity index (χ0v) is 15.0. The van der Waals surface area contributed by atoms with E-state index in [1.807, 2.05) is 56.3 Å². The van der Waals surface area contributed by atoms with Crippen LogP contribution in [0.1, 0.15) is 21.6 Å². The van der Waals surface area contributed by atoms with E-state index >= 15 is 0 Å². The number of rotatable bonds is 3. The van der Waals surface area contributed by atoms with Crippen LogP contribution in [0, 0.1) is 19.7 Å². The van der Waals surface area contributed by atoms with Crippen LogP contribution in [0.15, 0.2) is 66.7 Å². The van der Waals surface area contributed by atoms with Gasteiger partial charge in [0.05, 0.1) is 11.2 Å². The van der Waals surface area contributed by atoms with Gasteiger partial charge in [-0.1, -0.05) is 35.9 Å². The second-order valence-electron chi connectivity index (χ2n) is 6.53. The number of hydrogen-bond acceptors (Lipinski definition) is 2. The molecule has 0 radical (unpaired) electrons. The highest BCUT2D eigenvalue weighted by molar-refractivity contribution is 6.11. The second-order valence-corrected chi connectivity index (χ2v) is 6.53. The van der Waals surface area contributed by atoms with Gasteiger partial charge in [-0.25, -0.2) is 9.07 Å². The van der Waals surface area contributed by atoms with Crippen LogP contribution in [0.5, 0.6) is 0 Å². The number of halogens is 1. The Morgan fingerprint density at radius 1 is 1.00 bits per heavy atom. The summed E-state index contributed by atoms with van der Waals surface area (Å²) in [6.07, 6.45) is 0. The number of para-hydroxylation sites is 1. The van der Waals surface area contributed by atoms with Crippen LogP contribution in [-0.4, -0.2) is 15.7 Å². The van der Waals surface area contributed by atoms with Crippen LogP contribution in [0.4, 0.5) is 10.1 Å². The maximum Gasteiger partial charge on any atom is 0.276 e. The van der Waals surface area contributed by atoms with Crippen molar-refractivity contribution in [2.24, 2.45) is 0 Å². The Labute approximate surface area is 156 Å². The zero-order chi connectivity index (χ0) is 19.0. The first-order valence-electron chi connectivity index (χ1n) is 8.65. The van der Waals surface area contributed by atoms with Gasteiger partial charge in [0.2, 0.25) is 0 Å². The number of fused-ring (bicyclic) bond motifs is 1. The summed E-state index contributed by atoms with van der Waals surface area (Å²) >= 11 is 0. The van der Waals surface area contributed by atoms with E-state index in [0.717, 1.165) is 27.7 Å². The molecule has 5 heteroatoms. The maximum absolute atomic E-state index is 13.3. The Bertz CT molecular complexity index is 1150. The maximum atomic E-state index is 13.3. The van der Waals surface area contributed by atoms with E-state index in [2.05, 4.69) is 10.4 Å². The van der Waals surface area contributed by atoms with E-state index < -0.39 is 0 Å². The van der Waals surface area contributed by atoms with Crippen molar-refractivity contribution in [1.82, 2.24) is 9.78 Å². The minimum atomic E-state index is -0.317. The Hall–Kier alpha value is -3.47. The second kappa shape index (κ2) is 6.68. The molecule has 0 atom stereocenters. The topological polar surface area (TPSA) is 46.9 Å². The quantitative estimate of drug-likeness (QED) is 0.557. The SMILES string of the molecule is Cc1ccc(NC(=O)c2nn(-c3ccc(F)cc3)c3ccccc23)c(C)c1. The van der Waals surface area contributed by atoms with Crippen molar-refractivity contribution in [3.63, 3.8) is 0 Å². The predicted molar refractivity (Wildman–Crippen MR) is 105 cm³/mol. The number of benzene rings is 3. The van der Waals surface area contributed by atoms with E-state index in [1.54, 1.807) is 16.8 Å². The van der Waals surface area contributed by atoms with Crippen molar-refractivity contribution in [2.45, 2.75) is 13.8 Å². The molecule has 1 N–H and O–H groups in total. The molecule has 4 aromatic rings. The fourth-order valence-electron chi connectivity index (χ4n) is 3.15. The molecule has 0 aliphatic rings. The van der Waals surface area contributed by atoms with Gasteiger partial charge in [-0.3, -0.25) is 4.79 Å². The van der Waals surface area contributed by atoms with Gasteiger partial charge in [0.15, 0.2) is 5.69 Å². The summed E-state index contributed by atoms with van der Waals surface area (Å²) in [6.45, 7) is 3.97. The molecule has 0 fully saturated rings. The standard InChI is InChI=1S/C22H18FN3O/c1-14-7-12-19(15(2)13-14)24-22(27)21-18-5-3-4-6-20(18)26(25-21)17-10-8-16(23)9-11-17/h3-13H,1-2H3,(H,24,27). The molecule has 1 aromatic heterocycles. The lowest BCUT2D eigenvalue weighted by atomic mass is 10.1. The normalized spacial score (nSPS) is 10.9. The summed E-state index contributed by atoms with van der Waals surface area (Å²) in [7, 11) is 0. The Morgan fingerprint density at radius 3 is 2.48 bits per heavy atom. The fourth-order valence-corrected chi connectivity index (χ4v) is 3.15. The van der Waals surface area contributed by atoms with Crippen LogP contribution in [0.2, 0.25) is 0 Å². The monoisotopic (exact) mass is 359 g/mol. The van der Waals surface area contributed by atoms with Gasteiger partial charge >= 0.3 is 0 Å². The molecular formula is C22H18FN3O. The van der Waals surface area contributed by atoms with Gasteiger partial charge in [0.1, 0.15) is 5.82 Å². The molecule has 4 rings (SSSR count). The third-order valence-electron chi connectivity index (χ3n) is 4.50. The molecular weight excluding hydrogens is 341 g/mol. The highest BCUT2D eigenvalue weighted by Crippen LogP contribution is 2.24. The Morgan fingerprint density at radius 2 is 1.74 bits per heavy atom. The number of anilines is 1. The average molecular weight is 359 g/mol. The van der Waals surface area contributed by atoms with E-state index in [4.69, 9.17) is 0 Å². The molecule has 0 spiro atoms. The molecule has 1 heterocycles. The van der Waals surface area contributed by atoms with Crippen molar-refractivity contribution < 1.29 is 9.18 Å². The van der Waals surface area contributed by atoms with Gasteiger partial charge < -0.3 is 5.32 Å². The predicted octanol–water partition coefficient (Wildman–Crippen LogP) is 5.03. The van der Waals surface area contributed by atoms with Crippen LogP contribution in [0.3, 0.4) is 0 Å². The molecule has 4 nitrogen and oxygen atoms in total.